The molecule has 0 aliphatic carbocycles. The predicted octanol–water partition coefficient (Wildman–Crippen LogP) is 3.89. The Bertz CT molecular complexity index is 681. The number of aromatic nitrogens is 4. The van der Waals surface area contributed by atoms with Gasteiger partial charge in [0.2, 0.25) is 11.1 Å². The van der Waals surface area contributed by atoms with E-state index in [0.29, 0.717) is 11.1 Å². The van der Waals surface area contributed by atoms with Gasteiger partial charge in [-0.15, -0.1) is 5.10 Å². The highest BCUT2D eigenvalue weighted by molar-refractivity contribution is 9.11. The van der Waals surface area contributed by atoms with Crippen molar-refractivity contribution < 1.29 is 4.79 Å². The molecule has 0 saturated heterocycles. The molecule has 0 saturated carbocycles. The summed E-state index contributed by atoms with van der Waals surface area (Å²) in [6, 6.07) is 3.91. The van der Waals surface area contributed by atoms with Crippen molar-refractivity contribution >= 4 is 55.2 Å². The van der Waals surface area contributed by atoms with E-state index in [1.165, 1.54) is 11.8 Å². The molecule has 1 aromatic carbocycles. The molecule has 124 valence electrons. The van der Waals surface area contributed by atoms with Gasteiger partial charge in [0.05, 0.1) is 11.4 Å². The number of rotatable bonds is 6. The SMILES string of the molecule is Cc1cc(Br)c(NC(=O)CSc2nnnn2CC(C)C)c(Br)c1. The van der Waals surface area contributed by atoms with E-state index < -0.39 is 0 Å². The van der Waals surface area contributed by atoms with Crippen LogP contribution in [0.25, 0.3) is 0 Å². The molecule has 6 nitrogen and oxygen atoms in total. The van der Waals surface area contributed by atoms with Gasteiger partial charge in [-0.05, 0) is 72.8 Å². The van der Waals surface area contributed by atoms with Gasteiger partial charge < -0.3 is 5.32 Å². The third-order valence-corrected chi connectivity index (χ3v) is 5.03. The van der Waals surface area contributed by atoms with Crippen LogP contribution in [0.1, 0.15) is 19.4 Å². The first-order valence-corrected chi connectivity index (χ1v) is 9.58. The van der Waals surface area contributed by atoms with E-state index in [9.17, 15) is 4.79 Å². The van der Waals surface area contributed by atoms with Gasteiger partial charge >= 0.3 is 0 Å². The Balaban J connectivity index is 1.97. The average molecular weight is 463 g/mol. The molecule has 0 unspecified atom stereocenters. The molecule has 1 heterocycles. The lowest BCUT2D eigenvalue weighted by molar-refractivity contribution is -0.113. The van der Waals surface area contributed by atoms with Crippen molar-refractivity contribution in [1.29, 1.82) is 0 Å². The van der Waals surface area contributed by atoms with Crippen molar-refractivity contribution in [2.24, 2.45) is 5.92 Å². The van der Waals surface area contributed by atoms with E-state index in [1.807, 2.05) is 19.1 Å². The highest BCUT2D eigenvalue weighted by Gasteiger charge is 2.13. The van der Waals surface area contributed by atoms with Crippen molar-refractivity contribution in [3.8, 4) is 0 Å². The molecule has 0 aliphatic heterocycles. The third kappa shape index (κ3) is 5.29. The summed E-state index contributed by atoms with van der Waals surface area (Å²) in [4.78, 5) is 12.2. The zero-order valence-electron chi connectivity index (χ0n) is 13.0. The molecule has 1 aromatic heterocycles. The van der Waals surface area contributed by atoms with Crippen LogP contribution >= 0.6 is 43.6 Å². The van der Waals surface area contributed by atoms with E-state index in [0.717, 1.165) is 26.7 Å². The number of halogens is 2. The lowest BCUT2D eigenvalue weighted by atomic mass is 10.2. The molecule has 0 bridgehead atoms. The topological polar surface area (TPSA) is 72.7 Å². The molecule has 1 N–H and O–H groups in total. The first-order valence-electron chi connectivity index (χ1n) is 7.01. The minimum atomic E-state index is -0.112. The number of hydrogen-bond donors (Lipinski definition) is 1. The van der Waals surface area contributed by atoms with Crippen molar-refractivity contribution in [3.05, 3.63) is 26.6 Å². The number of tetrazole rings is 1. The molecule has 1 amide bonds. The summed E-state index contributed by atoms with van der Waals surface area (Å²) in [5, 5.41) is 15.1. The Morgan fingerprint density at radius 3 is 2.61 bits per heavy atom. The largest absolute Gasteiger partial charge is 0.323 e. The summed E-state index contributed by atoms with van der Waals surface area (Å²) in [5.41, 5.74) is 1.83. The number of anilines is 1. The quantitative estimate of drug-likeness (QED) is 0.659. The smallest absolute Gasteiger partial charge is 0.234 e. The number of amides is 1. The van der Waals surface area contributed by atoms with Crippen LogP contribution in [0.4, 0.5) is 5.69 Å². The zero-order chi connectivity index (χ0) is 17.0. The van der Waals surface area contributed by atoms with Crippen LogP contribution in [0.15, 0.2) is 26.2 Å². The van der Waals surface area contributed by atoms with Gasteiger partial charge in [-0.1, -0.05) is 25.6 Å². The van der Waals surface area contributed by atoms with Crippen LogP contribution in [0, 0.1) is 12.8 Å². The Morgan fingerprint density at radius 1 is 1.35 bits per heavy atom. The molecule has 23 heavy (non-hydrogen) atoms. The molecule has 0 atom stereocenters. The number of benzene rings is 1. The summed E-state index contributed by atoms with van der Waals surface area (Å²) in [6.07, 6.45) is 0. The van der Waals surface area contributed by atoms with Gasteiger partial charge in [0.25, 0.3) is 0 Å². The van der Waals surface area contributed by atoms with E-state index in [4.69, 9.17) is 0 Å². The fourth-order valence-electron chi connectivity index (χ4n) is 1.89. The first-order chi connectivity index (χ1) is 10.9. The Morgan fingerprint density at radius 2 is 2.00 bits per heavy atom. The molecule has 0 radical (unpaired) electrons. The second-order valence-corrected chi connectivity index (χ2v) is 8.13. The zero-order valence-corrected chi connectivity index (χ0v) is 17.0. The summed E-state index contributed by atoms with van der Waals surface area (Å²) in [6.45, 7) is 6.90. The van der Waals surface area contributed by atoms with Gasteiger partial charge in [-0.3, -0.25) is 4.79 Å². The van der Waals surface area contributed by atoms with E-state index >= 15 is 0 Å². The second kappa shape index (κ2) is 8.25. The number of aryl methyl sites for hydroxylation is 1. The van der Waals surface area contributed by atoms with Gasteiger partial charge in [0.1, 0.15) is 0 Å². The fourth-order valence-corrected chi connectivity index (χ4v) is 4.19. The Hall–Kier alpha value is -0.930. The number of hydrogen-bond acceptors (Lipinski definition) is 5. The number of carbonyl (C=O) groups excluding carboxylic acids is 1. The van der Waals surface area contributed by atoms with Gasteiger partial charge in [0, 0.05) is 15.5 Å². The van der Waals surface area contributed by atoms with Crippen LogP contribution in [-0.2, 0) is 11.3 Å². The van der Waals surface area contributed by atoms with E-state index in [-0.39, 0.29) is 11.7 Å². The van der Waals surface area contributed by atoms with Gasteiger partial charge in [-0.25, -0.2) is 4.68 Å². The van der Waals surface area contributed by atoms with E-state index in [1.54, 1.807) is 4.68 Å². The van der Waals surface area contributed by atoms with Crippen molar-refractivity contribution in [2.45, 2.75) is 32.5 Å². The van der Waals surface area contributed by atoms with Crippen LogP contribution in [0.5, 0.6) is 0 Å². The summed E-state index contributed by atoms with van der Waals surface area (Å²) < 4.78 is 3.40. The second-order valence-electron chi connectivity index (χ2n) is 5.48. The normalized spacial score (nSPS) is 11.0. The molecule has 9 heteroatoms. The average Bonchev–Trinajstić information content (AvgIpc) is 2.87. The maximum absolute atomic E-state index is 12.2. The number of nitrogens with one attached hydrogen (secondary N) is 1. The molecule has 0 aliphatic rings. The summed E-state index contributed by atoms with van der Waals surface area (Å²) >= 11 is 8.26. The van der Waals surface area contributed by atoms with Gasteiger partial charge in [0.15, 0.2) is 0 Å². The molecule has 2 rings (SSSR count). The van der Waals surface area contributed by atoms with Crippen LogP contribution in [-0.4, -0.2) is 31.9 Å². The summed E-state index contributed by atoms with van der Waals surface area (Å²) in [5.74, 6) is 0.566. The predicted molar refractivity (Wildman–Crippen MR) is 98.6 cm³/mol. The monoisotopic (exact) mass is 461 g/mol. The molecule has 0 fully saturated rings. The van der Waals surface area contributed by atoms with Crippen LogP contribution < -0.4 is 5.32 Å². The molecular weight excluding hydrogens is 446 g/mol. The number of nitrogens with zero attached hydrogens (tertiary/aromatic N) is 4. The molecule has 0 spiro atoms. The Labute approximate surface area is 156 Å². The van der Waals surface area contributed by atoms with Crippen molar-refractivity contribution in [2.75, 3.05) is 11.1 Å². The minimum absolute atomic E-state index is 0.112. The Kier molecular flexibility index (Phi) is 6.60. The number of thioether (sulfide) groups is 1. The summed E-state index contributed by atoms with van der Waals surface area (Å²) in [7, 11) is 0. The maximum atomic E-state index is 12.2. The standard InChI is InChI=1S/C14H17Br2N5OS/c1-8(2)6-21-14(18-19-20-21)23-7-12(22)17-13-10(15)4-9(3)5-11(13)16/h4-5,8H,6-7H2,1-3H3,(H,17,22). The maximum Gasteiger partial charge on any atom is 0.234 e. The lowest BCUT2D eigenvalue weighted by Crippen LogP contribution is -2.16. The van der Waals surface area contributed by atoms with Crippen LogP contribution in [0.2, 0.25) is 0 Å². The fraction of sp³-hybridized carbons (Fsp3) is 0.429. The minimum Gasteiger partial charge on any atom is -0.323 e. The highest BCUT2D eigenvalue weighted by Crippen LogP contribution is 2.32. The lowest BCUT2D eigenvalue weighted by Gasteiger charge is -2.11. The van der Waals surface area contributed by atoms with Crippen molar-refractivity contribution in [1.82, 2.24) is 20.2 Å². The van der Waals surface area contributed by atoms with Crippen molar-refractivity contribution in [3.63, 3.8) is 0 Å². The highest BCUT2D eigenvalue weighted by atomic mass is 79.9. The molecular formula is C14H17Br2N5OS. The first kappa shape index (κ1) is 18.4. The van der Waals surface area contributed by atoms with E-state index in [2.05, 4.69) is 66.5 Å². The van der Waals surface area contributed by atoms with Crippen LogP contribution in [0.3, 0.4) is 0 Å². The third-order valence-electron chi connectivity index (χ3n) is 2.82. The number of carbonyl (C=O) groups is 1. The van der Waals surface area contributed by atoms with Gasteiger partial charge in [-0.2, -0.15) is 0 Å². The molecule has 2 aromatic rings.